The number of aromatic nitrogens is 1. The summed E-state index contributed by atoms with van der Waals surface area (Å²) >= 11 is 0. The number of amides is 1. The predicted octanol–water partition coefficient (Wildman–Crippen LogP) is 0.276. The number of carbonyl (C=O) groups is 2. The van der Waals surface area contributed by atoms with Gasteiger partial charge >= 0.3 is 5.97 Å². The molecule has 6 heteroatoms. The molecule has 0 atom stereocenters. The zero-order valence-electron chi connectivity index (χ0n) is 9.83. The first-order valence-electron chi connectivity index (χ1n) is 5.00. The van der Waals surface area contributed by atoms with Crippen molar-refractivity contribution in [3.63, 3.8) is 0 Å². The van der Waals surface area contributed by atoms with Crippen molar-refractivity contribution in [2.75, 3.05) is 0 Å². The van der Waals surface area contributed by atoms with Crippen LogP contribution in [0.15, 0.2) is 16.9 Å². The van der Waals surface area contributed by atoms with Crippen molar-refractivity contribution >= 4 is 11.9 Å². The maximum absolute atomic E-state index is 11.7. The van der Waals surface area contributed by atoms with Crippen LogP contribution >= 0.6 is 0 Å². The van der Waals surface area contributed by atoms with E-state index in [0.717, 1.165) is 0 Å². The van der Waals surface area contributed by atoms with E-state index in [1.807, 2.05) is 0 Å². The fourth-order valence-electron chi connectivity index (χ4n) is 1.16. The van der Waals surface area contributed by atoms with E-state index in [9.17, 15) is 14.4 Å². The number of carboxylic acid groups (broad SMARTS) is 1. The number of rotatable bonds is 3. The third-order valence-corrected chi connectivity index (χ3v) is 2.26. The Bertz CT molecular complexity index is 516. The van der Waals surface area contributed by atoms with E-state index < -0.39 is 23.0 Å². The summed E-state index contributed by atoms with van der Waals surface area (Å²) in [5.41, 5.74) is -1.44. The lowest BCUT2D eigenvalue weighted by Gasteiger charge is -2.20. The van der Waals surface area contributed by atoms with Crippen LogP contribution in [0.5, 0.6) is 0 Å². The number of nitrogens with one attached hydrogen (secondary N) is 2. The number of aliphatic carboxylic acids is 1. The molecule has 0 bridgehead atoms. The number of hydrogen-bond donors (Lipinski definition) is 3. The minimum absolute atomic E-state index is 0.107. The molecule has 17 heavy (non-hydrogen) atoms. The van der Waals surface area contributed by atoms with Gasteiger partial charge < -0.3 is 15.4 Å². The van der Waals surface area contributed by atoms with Crippen LogP contribution in [0.1, 0.15) is 29.9 Å². The molecule has 6 nitrogen and oxygen atoms in total. The van der Waals surface area contributed by atoms with Gasteiger partial charge in [-0.25, -0.2) is 4.79 Å². The van der Waals surface area contributed by atoms with Crippen LogP contribution in [0, 0.1) is 6.92 Å². The molecule has 0 saturated carbocycles. The number of H-pyrrole nitrogens is 1. The second kappa shape index (κ2) is 4.40. The van der Waals surface area contributed by atoms with Crippen LogP contribution in [0.4, 0.5) is 0 Å². The van der Waals surface area contributed by atoms with Crippen molar-refractivity contribution in [2.45, 2.75) is 26.3 Å². The van der Waals surface area contributed by atoms with Crippen LogP contribution < -0.4 is 10.9 Å². The molecule has 92 valence electrons. The number of aromatic amines is 1. The van der Waals surface area contributed by atoms with Crippen molar-refractivity contribution in [1.82, 2.24) is 10.3 Å². The lowest BCUT2D eigenvalue weighted by molar-refractivity contribution is -0.143. The molecule has 0 aliphatic carbocycles. The average Bonchev–Trinajstić information content (AvgIpc) is 2.15. The molecule has 0 saturated heterocycles. The van der Waals surface area contributed by atoms with Gasteiger partial charge in [-0.15, -0.1) is 0 Å². The third-order valence-electron chi connectivity index (χ3n) is 2.26. The highest BCUT2D eigenvalue weighted by Crippen LogP contribution is 2.03. The lowest BCUT2D eigenvalue weighted by atomic mass is 10.1. The molecule has 3 N–H and O–H groups in total. The maximum atomic E-state index is 11.7. The van der Waals surface area contributed by atoms with E-state index in [-0.39, 0.29) is 5.56 Å². The van der Waals surface area contributed by atoms with Crippen LogP contribution in [0.3, 0.4) is 0 Å². The van der Waals surface area contributed by atoms with E-state index >= 15 is 0 Å². The van der Waals surface area contributed by atoms with Gasteiger partial charge in [0.05, 0.1) is 0 Å². The minimum atomic E-state index is -1.42. The molecule has 0 aliphatic rings. The number of carbonyl (C=O) groups excluding carboxylic acids is 1. The Kier molecular flexibility index (Phi) is 3.36. The SMILES string of the molecule is Cc1ccc(C(=O)NC(C)(C)C(=O)O)c(=O)[nH]1. The summed E-state index contributed by atoms with van der Waals surface area (Å²) in [5.74, 6) is -1.88. The second-order valence-electron chi connectivity index (χ2n) is 4.27. The summed E-state index contributed by atoms with van der Waals surface area (Å²) in [6.45, 7) is 4.37. The minimum Gasteiger partial charge on any atom is -0.480 e. The normalized spacial score (nSPS) is 11.0. The smallest absolute Gasteiger partial charge is 0.328 e. The fourth-order valence-corrected chi connectivity index (χ4v) is 1.16. The average molecular weight is 238 g/mol. The molecule has 1 aromatic rings. The molecular weight excluding hydrogens is 224 g/mol. The summed E-state index contributed by atoms with van der Waals surface area (Å²) in [4.78, 5) is 36.5. The molecule has 0 fully saturated rings. The Hall–Kier alpha value is -2.11. The van der Waals surface area contributed by atoms with Crippen molar-refractivity contribution in [3.8, 4) is 0 Å². The van der Waals surface area contributed by atoms with Crippen LogP contribution in [0.25, 0.3) is 0 Å². The summed E-state index contributed by atoms with van der Waals surface area (Å²) in [6, 6.07) is 2.94. The second-order valence-corrected chi connectivity index (χ2v) is 4.27. The van der Waals surface area contributed by atoms with Crippen LogP contribution in [-0.4, -0.2) is 27.5 Å². The standard InChI is InChI=1S/C11H14N2O4/c1-6-4-5-7(8(14)12-6)9(15)13-11(2,3)10(16)17/h4-5H,1-3H3,(H,12,14)(H,13,15)(H,16,17). The number of hydrogen-bond acceptors (Lipinski definition) is 3. The van der Waals surface area contributed by atoms with Gasteiger partial charge in [-0.2, -0.15) is 0 Å². The Morgan fingerprint density at radius 3 is 2.41 bits per heavy atom. The van der Waals surface area contributed by atoms with E-state index in [4.69, 9.17) is 5.11 Å². The van der Waals surface area contributed by atoms with E-state index in [2.05, 4.69) is 10.3 Å². The first kappa shape index (κ1) is 13.0. The molecule has 0 spiro atoms. The largest absolute Gasteiger partial charge is 0.480 e. The molecule has 0 unspecified atom stereocenters. The fraction of sp³-hybridized carbons (Fsp3) is 0.364. The van der Waals surface area contributed by atoms with Crippen molar-refractivity contribution in [3.05, 3.63) is 33.7 Å². The van der Waals surface area contributed by atoms with Gasteiger partial charge in [-0.05, 0) is 32.9 Å². The van der Waals surface area contributed by atoms with Gasteiger partial charge in [-0.1, -0.05) is 0 Å². The van der Waals surface area contributed by atoms with Crippen LogP contribution in [0.2, 0.25) is 0 Å². The van der Waals surface area contributed by atoms with E-state index in [1.165, 1.54) is 19.9 Å². The number of pyridine rings is 1. The Labute approximate surface area is 97.7 Å². The Balaban J connectivity index is 2.99. The zero-order valence-corrected chi connectivity index (χ0v) is 9.83. The van der Waals surface area contributed by atoms with Gasteiger partial charge in [0.1, 0.15) is 11.1 Å². The lowest BCUT2D eigenvalue weighted by Crippen LogP contribution is -2.50. The third kappa shape index (κ3) is 2.93. The van der Waals surface area contributed by atoms with Gasteiger partial charge in [0.2, 0.25) is 0 Å². The highest BCUT2D eigenvalue weighted by Gasteiger charge is 2.29. The first-order chi connectivity index (χ1) is 7.74. The van der Waals surface area contributed by atoms with Gasteiger partial charge in [0, 0.05) is 5.69 Å². The summed E-state index contributed by atoms with van der Waals surface area (Å²) in [7, 11) is 0. The molecular formula is C11H14N2O4. The topological polar surface area (TPSA) is 99.3 Å². The molecule has 1 rings (SSSR count). The highest BCUT2D eigenvalue weighted by atomic mass is 16.4. The van der Waals surface area contributed by atoms with Gasteiger partial charge in [0.25, 0.3) is 11.5 Å². The predicted molar refractivity (Wildman–Crippen MR) is 61.0 cm³/mol. The van der Waals surface area contributed by atoms with Gasteiger partial charge in [-0.3, -0.25) is 9.59 Å². The molecule has 0 aromatic carbocycles. The quantitative estimate of drug-likeness (QED) is 0.704. The molecule has 0 radical (unpaired) electrons. The molecule has 0 aliphatic heterocycles. The van der Waals surface area contributed by atoms with Crippen molar-refractivity contribution < 1.29 is 14.7 Å². The van der Waals surface area contributed by atoms with Gasteiger partial charge in [0.15, 0.2) is 0 Å². The first-order valence-corrected chi connectivity index (χ1v) is 5.00. The van der Waals surface area contributed by atoms with E-state index in [1.54, 1.807) is 13.0 Å². The van der Waals surface area contributed by atoms with Crippen LogP contribution in [-0.2, 0) is 4.79 Å². The molecule has 1 amide bonds. The summed E-state index contributed by atoms with van der Waals surface area (Å²) in [6.07, 6.45) is 0. The molecule has 1 heterocycles. The van der Waals surface area contributed by atoms with E-state index in [0.29, 0.717) is 5.69 Å². The Morgan fingerprint density at radius 1 is 1.35 bits per heavy atom. The zero-order chi connectivity index (χ0) is 13.2. The Morgan fingerprint density at radius 2 is 1.94 bits per heavy atom. The summed E-state index contributed by atoms with van der Waals surface area (Å²) in [5, 5.41) is 11.1. The number of carboxylic acids is 1. The monoisotopic (exact) mass is 238 g/mol. The number of aryl methyl sites for hydroxylation is 1. The highest BCUT2D eigenvalue weighted by molar-refractivity contribution is 5.97. The maximum Gasteiger partial charge on any atom is 0.328 e. The van der Waals surface area contributed by atoms with Crippen molar-refractivity contribution in [1.29, 1.82) is 0 Å². The molecule has 1 aromatic heterocycles. The van der Waals surface area contributed by atoms with Crippen molar-refractivity contribution in [2.24, 2.45) is 0 Å². The summed E-state index contributed by atoms with van der Waals surface area (Å²) < 4.78 is 0.